The van der Waals surface area contributed by atoms with E-state index in [9.17, 15) is 22.8 Å². The molecule has 1 aromatic carbocycles. The van der Waals surface area contributed by atoms with E-state index in [-0.39, 0.29) is 35.9 Å². The van der Waals surface area contributed by atoms with E-state index < -0.39 is 12.3 Å². The van der Waals surface area contributed by atoms with E-state index >= 15 is 0 Å². The number of alkyl halides is 3. The van der Waals surface area contributed by atoms with Gasteiger partial charge >= 0.3 is 6.36 Å². The second kappa shape index (κ2) is 5.81. The van der Waals surface area contributed by atoms with Crippen LogP contribution in [0, 0.1) is 0 Å². The highest BCUT2D eigenvalue weighted by Gasteiger charge is 2.31. The average Bonchev–Trinajstić information content (AvgIpc) is 2.40. The zero-order valence-corrected chi connectivity index (χ0v) is 10.5. The van der Waals surface area contributed by atoms with Crippen molar-refractivity contribution in [1.82, 2.24) is 5.43 Å². The first-order chi connectivity index (χ1) is 9.83. The van der Waals surface area contributed by atoms with Gasteiger partial charge in [-0.15, -0.1) is 13.2 Å². The molecule has 9 heteroatoms. The predicted molar refractivity (Wildman–Crippen MR) is 66.6 cm³/mol. The molecule has 21 heavy (non-hydrogen) atoms. The summed E-state index contributed by atoms with van der Waals surface area (Å²) in [5.74, 6) is -1.19. The molecule has 1 aliphatic rings. The van der Waals surface area contributed by atoms with E-state index in [1.165, 1.54) is 12.1 Å². The fraction of sp³-hybridized carbons (Fsp3) is 0.250. The Labute approximate surface area is 117 Å². The van der Waals surface area contributed by atoms with Gasteiger partial charge in [0.25, 0.3) is 5.91 Å². The smallest absolute Gasteiger partial charge is 0.406 e. The number of ether oxygens (including phenoxy) is 1. The standard InChI is InChI=1S/C12H10F3N3O3/c13-12(14,15)21-8-3-1-7(2-4-8)16-11(20)9-5-6-10(19)18-17-9/h1-4H,5-6H2,(H,16,20)(H,18,19). The van der Waals surface area contributed by atoms with E-state index in [0.717, 1.165) is 12.1 Å². The molecular formula is C12H10F3N3O3. The normalized spacial score (nSPS) is 15.0. The van der Waals surface area contributed by atoms with E-state index in [4.69, 9.17) is 0 Å². The second-order valence-electron chi connectivity index (χ2n) is 4.12. The van der Waals surface area contributed by atoms with Crippen molar-refractivity contribution in [1.29, 1.82) is 0 Å². The molecule has 112 valence electrons. The van der Waals surface area contributed by atoms with E-state index in [0.29, 0.717) is 0 Å². The Kier molecular flexibility index (Phi) is 4.10. The molecule has 0 saturated carbocycles. The molecule has 1 heterocycles. The Morgan fingerprint density at radius 3 is 2.43 bits per heavy atom. The first-order valence-corrected chi connectivity index (χ1v) is 5.86. The van der Waals surface area contributed by atoms with Gasteiger partial charge in [0.15, 0.2) is 0 Å². The fourth-order valence-electron chi connectivity index (χ4n) is 1.58. The van der Waals surface area contributed by atoms with Gasteiger partial charge in [0.1, 0.15) is 11.5 Å². The summed E-state index contributed by atoms with van der Waals surface area (Å²) in [7, 11) is 0. The molecule has 2 N–H and O–H groups in total. The number of carbonyl (C=O) groups is 2. The second-order valence-corrected chi connectivity index (χ2v) is 4.12. The third kappa shape index (κ3) is 4.48. The van der Waals surface area contributed by atoms with Gasteiger partial charge in [0, 0.05) is 18.5 Å². The van der Waals surface area contributed by atoms with Crippen molar-refractivity contribution < 1.29 is 27.5 Å². The molecule has 0 aromatic heterocycles. The third-order valence-corrected chi connectivity index (χ3v) is 2.51. The molecule has 0 aliphatic carbocycles. The number of hydrogen-bond acceptors (Lipinski definition) is 4. The highest BCUT2D eigenvalue weighted by molar-refractivity contribution is 6.43. The number of benzene rings is 1. The summed E-state index contributed by atoms with van der Waals surface area (Å²) in [6, 6.07) is 4.68. The number of hydrogen-bond donors (Lipinski definition) is 2. The summed E-state index contributed by atoms with van der Waals surface area (Å²) in [6.45, 7) is 0. The highest BCUT2D eigenvalue weighted by Crippen LogP contribution is 2.24. The van der Waals surface area contributed by atoms with Gasteiger partial charge in [0.2, 0.25) is 5.91 Å². The Balaban J connectivity index is 1.97. The number of nitrogens with zero attached hydrogens (tertiary/aromatic N) is 1. The molecule has 0 fully saturated rings. The van der Waals surface area contributed by atoms with Crippen LogP contribution < -0.4 is 15.5 Å². The maximum Gasteiger partial charge on any atom is 0.573 e. The van der Waals surface area contributed by atoms with Crippen molar-refractivity contribution >= 4 is 23.2 Å². The molecule has 1 aromatic rings. The first-order valence-electron chi connectivity index (χ1n) is 5.86. The van der Waals surface area contributed by atoms with Crippen LogP contribution in [0.1, 0.15) is 12.8 Å². The summed E-state index contributed by atoms with van der Waals surface area (Å²) in [5, 5.41) is 6.06. The lowest BCUT2D eigenvalue weighted by Gasteiger charge is -2.12. The number of nitrogens with one attached hydrogen (secondary N) is 2. The number of hydrazone groups is 1. The summed E-state index contributed by atoms with van der Waals surface area (Å²) in [4.78, 5) is 22.7. The van der Waals surface area contributed by atoms with Crippen LogP contribution in [0.2, 0.25) is 0 Å². The van der Waals surface area contributed by atoms with E-state index in [2.05, 4.69) is 20.6 Å². The van der Waals surface area contributed by atoms with Crippen LogP contribution in [-0.2, 0) is 9.59 Å². The monoisotopic (exact) mass is 301 g/mol. The molecule has 0 radical (unpaired) electrons. The van der Waals surface area contributed by atoms with Crippen LogP contribution in [0.25, 0.3) is 0 Å². The van der Waals surface area contributed by atoms with Crippen LogP contribution in [0.5, 0.6) is 5.75 Å². The predicted octanol–water partition coefficient (Wildman–Crippen LogP) is 1.79. The van der Waals surface area contributed by atoms with Gasteiger partial charge in [-0.3, -0.25) is 9.59 Å². The van der Waals surface area contributed by atoms with Gasteiger partial charge in [-0.2, -0.15) is 5.10 Å². The minimum atomic E-state index is -4.76. The van der Waals surface area contributed by atoms with Gasteiger partial charge in [-0.25, -0.2) is 5.43 Å². The van der Waals surface area contributed by atoms with Crippen molar-refractivity contribution in [3.63, 3.8) is 0 Å². The fourth-order valence-corrected chi connectivity index (χ4v) is 1.58. The molecule has 1 aliphatic heterocycles. The van der Waals surface area contributed by atoms with Gasteiger partial charge in [-0.05, 0) is 24.3 Å². The topological polar surface area (TPSA) is 79.8 Å². The van der Waals surface area contributed by atoms with Crippen molar-refractivity contribution in [2.45, 2.75) is 19.2 Å². The van der Waals surface area contributed by atoms with Crippen LogP contribution in [0.4, 0.5) is 18.9 Å². The molecular weight excluding hydrogens is 291 g/mol. The Hall–Kier alpha value is -2.58. The SMILES string of the molecule is O=C1CCC(C(=O)Nc2ccc(OC(F)(F)F)cc2)=NN1. The van der Waals surface area contributed by atoms with E-state index in [1.807, 2.05) is 0 Å². The summed E-state index contributed by atoms with van der Waals surface area (Å²) >= 11 is 0. The van der Waals surface area contributed by atoms with Crippen LogP contribution in [0.15, 0.2) is 29.4 Å². The number of anilines is 1. The summed E-state index contributed by atoms with van der Waals surface area (Å²) in [5.41, 5.74) is 2.61. The lowest BCUT2D eigenvalue weighted by Crippen LogP contribution is -2.32. The Morgan fingerprint density at radius 2 is 1.90 bits per heavy atom. The molecule has 0 bridgehead atoms. The molecule has 6 nitrogen and oxygen atoms in total. The Bertz CT molecular complexity index is 582. The minimum absolute atomic E-state index is 0.144. The first kappa shape index (κ1) is 14.8. The van der Waals surface area contributed by atoms with Gasteiger partial charge in [0.05, 0.1) is 0 Å². The third-order valence-electron chi connectivity index (χ3n) is 2.51. The van der Waals surface area contributed by atoms with Crippen molar-refractivity contribution in [2.24, 2.45) is 5.10 Å². The lowest BCUT2D eigenvalue weighted by atomic mass is 10.1. The molecule has 2 amide bonds. The maximum atomic E-state index is 12.0. The molecule has 0 atom stereocenters. The number of carbonyl (C=O) groups excluding carboxylic acids is 2. The van der Waals surface area contributed by atoms with Crippen molar-refractivity contribution in [3.05, 3.63) is 24.3 Å². The molecule has 0 unspecified atom stereocenters. The lowest BCUT2D eigenvalue weighted by molar-refractivity contribution is -0.274. The van der Waals surface area contributed by atoms with Crippen LogP contribution >= 0.6 is 0 Å². The number of rotatable bonds is 3. The molecule has 2 rings (SSSR count). The summed E-state index contributed by atoms with van der Waals surface area (Å²) in [6.07, 6.45) is -4.41. The maximum absolute atomic E-state index is 12.0. The number of amides is 2. The van der Waals surface area contributed by atoms with E-state index in [1.54, 1.807) is 0 Å². The zero-order chi connectivity index (χ0) is 15.5. The average molecular weight is 301 g/mol. The highest BCUT2D eigenvalue weighted by atomic mass is 19.4. The molecule has 0 spiro atoms. The zero-order valence-electron chi connectivity index (χ0n) is 10.5. The van der Waals surface area contributed by atoms with Crippen LogP contribution in [0.3, 0.4) is 0 Å². The van der Waals surface area contributed by atoms with Gasteiger partial charge in [-0.1, -0.05) is 0 Å². The van der Waals surface area contributed by atoms with Crippen molar-refractivity contribution in [3.8, 4) is 5.75 Å². The minimum Gasteiger partial charge on any atom is -0.406 e. The largest absolute Gasteiger partial charge is 0.573 e. The van der Waals surface area contributed by atoms with Gasteiger partial charge < -0.3 is 10.1 Å². The van der Waals surface area contributed by atoms with Crippen molar-refractivity contribution in [2.75, 3.05) is 5.32 Å². The molecule has 0 saturated heterocycles. The Morgan fingerprint density at radius 1 is 1.24 bits per heavy atom. The quantitative estimate of drug-likeness (QED) is 0.893. The summed E-state index contributed by atoms with van der Waals surface area (Å²) < 4.78 is 39.7. The number of halogens is 3. The van der Waals surface area contributed by atoms with Crippen LogP contribution in [-0.4, -0.2) is 23.9 Å².